The third-order valence-corrected chi connectivity index (χ3v) is 4.12. The van der Waals surface area contributed by atoms with Gasteiger partial charge in [0.1, 0.15) is 5.02 Å². The van der Waals surface area contributed by atoms with Gasteiger partial charge in [-0.2, -0.15) is 0 Å². The van der Waals surface area contributed by atoms with Gasteiger partial charge in [0, 0.05) is 23.8 Å². The third kappa shape index (κ3) is 4.30. The molecule has 2 N–H and O–H groups in total. The van der Waals surface area contributed by atoms with E-state index in [1.165, 1.54) is 6.07 Å². The summed E-state index contributed by atoms with van der Waals surface area (Å²) in [5, 5.41) is 22.4. The molecule has 1 atom stereocenters. The van der Waals surface area contributed by atoms with Crippen molar-refractivity contribution in [1.29, 1.82) is 0 Å². The summed E-state index contributed by atoms with van der Waals surface area (Å²) in [6.07, 6.45) is 0.974. The molecule has 0 aliphatic heterocycles. The van der Waals surface area contributed by atoms with E-state index in [4.69, 9.17) is 28.3 Å². The number of carbonyl (C=O) groups is 1. The van der Waals surface area contributed by atoms with Gasteiger partial charge in [-0.1, -0.05) is 30.1 Å². The molecule has 1 aromatic carbocycles. The van der Waals surface area contributed by atoms with Crippen molar-refractivity contribution in [2.24, 2.45) is 0 Å². The normalized spacial score (nSPS) is 13.6. The highest BCUT2D eigenvalue weighted by atomic mass is 35.5. The second kappa shape index (κ2) is 7.06. The highest BCUT2D eigenvalue weighted by Crippen LogP contribution is 2.33. The molecule has 0 aromatic heterocycles. The van der Waals surface area contributed by atoms with Crippen molar-refractivity contribution >= 4 is 34.8 Å². The molecule has 0 spiro atoms. The molecule has 0 saturated carbocycles. The van der Waals surface area contributed by atoms with Gasteiger partial charge in [-0.3, -0.25) is 14.9 Å². The van der Waals surface area contributed by atoms with Gasteiger partial charge < -0.3 is 10.4 Å². The lowest BCUT2D eigenvalue weighted by atomic mass is 9.94. The van der Waals surface area contributed by atoms with Crippen molar-refractivity contribution in [3.05, 3.63) is 37.9 Å². The van der Waals surface area contributed by atoms with E-state index in [9.17, 15) is 14.9 Å². The van der Waals surface area contributed by atoms with E-state index in [-0.39, 0.29) is 22.2 Å². The Morgan fingerprint density at radius 2 is 2.10 bits per heavy atom. The van der Waals surface area contributed by atoms with Crippen molar-refractivity contribution in [1.82, 2.24) is 5.32 Å². The van der Waals surface area contributed by atoms with E-state index < -0.39 is 22.1 Å². The number of nitro benzene ring substituents is 1. The standard InChI is InChI=1S/C13H16Cl2N2O4/c1-3-13(2,4-5-18)16-12(19)8-6-9(14)11(15)10(7-8)17(20)21/h6-7,18H,3-5H2,1-2H3,(H,16,19). The van der Waals surface area contributed by atoms with E-state index in [0.717, 1.165) is 6.07 Å². The van der Waals surface area contributed by atoms with Crippen LogP contribution in [0.4, 0.5) is 5.69 Å². The fraction of sp³-hybridized carbons (Fsp3) is 0.462. The van der Waals surface area contributed by atoms with Gasteiger partial charge >= 0.3 is 0 Å². The fourth-order valence-corrected chi connectivity index (χ4v) is 2.15. The molecule has 21 heavy (non-hydrogen) atoms. The van der Waals surface area contributed by atoms with Crippen LogP contribution in [-0.2, 0) is 0 Å². The average Bonchev–Trinajstić information content (AvgIpc) is 2.41. The zero-order valence-electron chi connectivity index (χ0n) is 11.7. The van der Waals surface area contributed by atoms with Crippen LogP contribution in [0.2, 0.25) is 10.0 Å². The van der Waals surface area contributed by atoms with Crippen molar-refractivity contribution in [2.45, 2.75) is 32.2 Å². The molecule has 0 heterocycles. The summed E-state index contributed by atoms with van der Waals surface area (Å²) >= 11 is 11.6. The van der Waals surface area contributed by atoms with Crippen LogP contribution < -0.4 is 5.32 Å². The fourth-order valence-electron chi connectivity index (χ4n) is 1.76. The Morgan fingerprint density at radius 1 is 1.48 bits per heavy atom. The molecule has 0 aliphatic carbocycles. The quantitative estimate of drug-likeness (QED) is 0.617. The topological polar surface area (TPSA) is 92.5 Å². The number of aliphatic hydroxyl groups excluding tert-OH is 1. The summed E-state index contributed by atoms with van der Waals surface area (Å²) < 4.78 is 0. The number of nitrogens with one attached hydrogen (secondary N) is 1. The Hall–Kier alpha value is -1.37. The smallest absolute Gasteiger partial charge is 0.290 e. The molecular weight excluding hydrogens is 319 g/mol. The van der Waals surface area contributed by atoms with Crippen LogP contribution >= 0.6 is 23.2 Å². The van der Waals surface area contributed by atoms with Crippen LogP contribution in [0.25, 0.3) is 0 Å². The number of hydrogen-bond acceptors (Lipinski definition) is 4. The lowest BCUT2D eigenvalue weighted by Crippen LogP contribution is -2.46. The van der Waals surface area contributed by atoms with Crippen LogP contribution in [0.15, 0.2) is 12.1 Å². The van der Waals surface area contributed by atoms with Gasteiger partial charge in [0.25, 0.3) is 11.6 Å². The first-order chi connectivity index (χ1) is 9.74. The summed E-state index contributed by atoms with van der Waals surface area (Å²) in [6.45, 7) is 3.58. The van der Waals surface area contributed by atoms with Crippen LogP contribution in [0.3, 0.4) is 0 Å². The molecule has 6 nitrogen and oxygen atoms in total. The van der Waals surface area contributed by atoms with Crippen LogP contribution in [-0.4, -0.2) is 28.1 Å². The Morgan fingerprint density at radius 3 is 2.57 bits per heavy atom. The molecule has 0 aliphatic rings. The maximum absolute atomic E-state index is 12.2. The lowest BCUT2D eigenvalue weighted by molar-refractivity contribution is -0.384. The van der Waals surface area contributed by atoms with Gasteiger partial charge in [0.05, 0.1) is 9.95 Å². The van der Waals surface area contributed by atoms with Crippen molar-refractivity contribution in [3.8, 4) is 0 Å². The van der Waals surface area contributed by atoms with E-state index in [0.29, 0.717) is 12.8 Å². The number of amides is 1. The zero-order valence-corrected chi connectivity index (χ0v) is 13.2. The summed E-state index contributed by atoms with van der Waals surface area (Å²) in [5.41, 5.74) is -0.976. The van der Waals surface area contributed by atoms with Crippen molar-refractivity contribution in [3.63, 3.8) is 0 Å². The Bertz CT molecular complexity index is 565. The van der Waals surface area contributed by atoms with Crippen molar-refractivity contribution in [2.75, 3.05) is 6.61 Å². The first-order valence-electron chi connectivity index (χ1n) is 6.31. The minimum absolute atomic E-state index is 0.0497. The van der Waals surface area contributed by atoms with Crippen LogP contribution in [0, 0.1) is 10.1 Å². The predicted molar refractivity (Wildman–Crippen MR) is 81.0 cm³/mol. The number of halogens is 2. The van der Waals surface area contributed by atoms with Gasteiger partial charge in [-0.25, -0.2) is 0 Å². The summed E-state index contributed by atoms with van der Waals surface area (Å²) in [4.78, 5) is 22.4. The first-order valence-corrected chi connectivity index (χ1v) is 7.06. The highest BCUT2D eigenvalue weighted by molar-refractivity contribution is 6.43. The third-order valence-electron chi connectivity index (χ3n) is 3.33. The Kier molecular flexibility index (Phi) is 5.95. The number of rotatable bonds is 6. The number of hydrogen-bond donors (Lipinski definition) is 2. The predicted octanol–water partition coefficient (Wildman–Crippen LogP) is 3.18. The van der Waals surface area contributed by atoms with E-state index in [2.05, 4.69) is 5.32 Å². The van der Waals surface area contributed by atoms with Gasteiger partial charge in [-0.15, -0.1) is 0 Å². The number of aliphatic hydroxyl groups is 1. The highest BCUT2D eigenvalue weighted by Gasteiger charge is 2.26. The molecular formula is C13H16Cl2N2O4. The number of nitro groups is 1. The molecule has 8 heteroatoms. The summed E-state index contributed by atoms with van der Waals surface area (Å²) in [7, 11) is 0. The maximum atomic E-state index is 12.2. The maximum Gasteiger partial charge on any atom is 0.290 e. The molecule has 1 unspecified atom stereocenters. The number of benzene rings is 1. The van der Waals surface area contributed by atoms with E-state index in [1.54, 1.807) is 6.92 Å². The molecule has 0 radical (unpaired) electrons. The van der Waals surface area contributed by atoms with Crippen LogP contribution in [0.1, 0.15) is 37.0 Å². The Labute approximate surface area is 132 Å². The Balaban J connectivity index is 3.11. The van der Waals surface area contributed by atoms with Gasteiger partial charge in [-0.05, 0) is 25.8 Å². The van der Waals surface area contributed by atoms with Gasteiger partial charge in [0.2, 0.25) is 0 Å². The first kappa shape index (κ1) is 17.7. The van der Waals surface area contributed by atoms with Gasteiger partial charge in [0.15, 0.2) is 0 Å². The summed E-state index contributed by atoms with van der Waals surface area (Å²) in [6, 6.07) is 2.36. The molecule has 1 rings (SSSR count). The second-order valence-corrected chi connectivity index (χ2v) is 5.68. The summed E-state index contributed by atoms with van der Waals surface area (Å²) in [5.74, 6) is -0.505. The molecule has 1 aromatic rings. The molecule has 1 amide bonds. The van der Waals surface area contributed by atoms with E-state index in [1.807, 2.05) is 6.92 Å². The average molecular weight is 335 g/mol. The number of nitrogens with zero attached hydrogens (tertiary/aromatic N) is 1. The number of carbonyl (C=O) groups excluding carboxylic acids is 1. The largest absolute Gasteiger partial charge is 0.396 e. The second-order valence-electron chi connectivity index (χ2n) is 4.89. The lowest BCUT2D eigenvalue weighted by Gasteiger charge is -2.29. The molecule has 0 bridgehead atoms. The SMILES string of the molecule is CCC(C)(CCO)NC(=O)c1cc(Cl)c(Cl)c([N+](=O)[O-])c1. The molecule has 0 saturated heterocycles. The van der Waals surface area contributed by atoms with Crippen molar-refractivity contribution < 1.29 is 14.8 Å². The zero-order chi connectivity index (χ0) is 16.2. The monoisotopic (exact) mass is 334 g/mol. The van der Waals surface area contributed by atoms with E-state index >= 15 is 0 Å². The van der Waals surface area contributed by atoms with Crippen LogP contribution in [0.5, 0.6) is 0 Å². The molecule has 0 fully saturated rings. The molecule has 116 valence electrons. The minimum atomic E-state index is -0.697. The minimum Gasteiger partial charge on any atom is -0.396 e.